The molecule has 4 aliphatic carbocycles. The van der Waals surface area contributed by atoms with Gasteiger partial charge in [-0.15, -0.1) is 0 Å². The lowest BCUT2D eigenvalue weighted by Crippen LogP contribution is -2.42. The maximum absolute atomic E-state index is 12.8. The second kappa shape index (κ2) is 17.4. The van der Waals surface area contributed by atoms with Crippen LogP contribution in [0.3, 0.4) is 0 Å². The van der Waals surface area contributed by atoms with E-state index in [2.05, 4.69) is 4.89 Å². The Labute approximate surface area is 261 Å². The minimum atomic E-state index is -1.13. The van der Waals surface area contributed by atoms with E-state index in [-0.39, 0.29) is 80.4 Å². The summed E-state index contributed by atoms with van der Waals surface area (Å²) in [5.74, 6) is -3.93. The monoisotopic (exact) mass is 646 g/mol. The number of nitro groups is 2. The van der Waals surface area contributed by atoms with Gasteiger partial charge in [0.1, 0.15) is 12.9 Å². The summed E-state index contributed by atoms with van der Waals surface area (Å²) in [4.78, 5) is 61.5. The molecule has 0 heterocycles. The Morgan fingerprint density at radius 2 is 1.22 bits per heavy atom. The normalized spacial score (nSPS) is 35.8. The largest absolute Gasteiger partial charge is 0.481 e. The van der Waals surface area contributed by atoms with Gasteiger partial charge in [0.15, 0.2) is 0 Å². The zero-order chi connectivity index (χ0) is 32.3. The third-order valence-electron chi connectivity index (χ3n) is 10.1. The molecule has 4 rings (SSSR count). The Hall–Kier alpha value is -2.50. The van der Waals surface area contributed by atoms with Crippen LogP contribution in [-0.4, -0.2) is 88.7 Å². The third-order valence-corrected chi connectivity index (χ3v) is 10.1. The molecule has 0 spiro atoms. The molecule has 0 saturated heterocycles. The van der Waals surface area contributed by atoms with Crippen molar-refractivity contribution < 1.29 is 58.7 Å². The summed E-state index contributed by atoms with van der Waals surface area (Å²) in [6, 6.07) is -1.55. The van der Waals surface area contributed by atoms with Gasteiger partial charge in [0.2, 0.25) is 12.1 Å². The number of carbonyl (C=O) groups is 2. The Balaban J connectivity index is 1.07. The highest BCUT2D eigenvalue weighted by molar-refractivity contribution is 5.81. The fourth-order valence-electron chi connectivity index (χ4n) is 7.23. The van der Waals surface area contributed by atoms with Gasteiger partial charge in [-0.3, -0.25) is 35.1 Å². The van der Waals surface area contributed by atoms with Crippen molar-refractivity contribution in [3.63, 3.8) is 0 Å². The molecule has 0 aliphatic heterocycles. The summed E-state index contributed by atoms with van der Waals surface area (Å²) >= 11 is 0. The van der Waals surface area contributed by atoms with Crippen molar-refractivity contribution in [1.29, 1.82) is 0 Å². The third kappa shape index (κ3) is 10.5. The average molecular weight is 647 g/mol. The van der Waals surface area contributed by atoms with Crippen LogP contribution in [0.15, 0.2) is 0 Å². The lowest BCUT2D eigenvalue weighted by atomic mass is 9.77. The van der Waals surface area contributed by atoms with Crippen molar-refractivity contribution in [3.8, 4) is 0 Å². The number of hydrogen-bond donors (Lipinski definition) is 2. The van der Waals surface area contributed by atoms with E-state index < -0.39 is 40.8 Å². The van der Waals surface area contributed by atoms with Gasteiger partial charge in [0.25, 0.3) is 0 Å². The summed E-state index contributed by atoms with van der Waals surface area (Å²) in [5, 5.41) is 40.8. The van der Waals surface area contributed by atoms with Crippen LogP contribution in [0.25, 0.3) is 0 Å². The van der Waals surface area contributed by atoms with Crippen molar-refractivity contribution >= 4 is 11.9 Å². The molecule has 6 atom stereocenters. The van der Waals surface area contributed by atoms with Gasteiger partial charge in [-0.1, -0.05) is 0 Å². The van der Waals surface area contributed by atoms with Crippen molar-refractivity contribution in [2.24, 2.45) is 23.7 Å². The second-order valence-electron chi connectivity index (χ2n) is 12.9. The van der Waals surface area contributed by atoms with Crippen LogP contribution in [0.4, 0.5) is 0 Å². The Morgan fingerprint density at radius 3 is 1.80 bits per heavy atom. The first-order valence-electron chi connectivity index (χ1n) is 16.1. The molecule has 45 heavy (non-hydrogen) atoms. The molecule has 0 amide bonds. The van der Waals surface area contributed by atoms with Crippen LogP contribution in [0.1, 0.15) is 89.9 Å². The van der Waals surface area contributed by atoms with Crippen LogP contribution in [0, 0.1) is 43.9 Å². The highest BCUT2D eigenvalue weighted by atomic mass is 17.2. The number of ether oxygens (including phenoxy) is 3. The molecule has 0 radical (unpaired) electrons. The standard InChI is InChI=1S/C29H46N2O14/c32-28(33)26-12-3-21(31(37)38)14-27(26)29(34)44-24-8-4-22(5-9-24)40-17-41-23-6-10-25(11-7-23)45-43-16-19-13-20(30(35)36)2-1-18(19)15-42-39/h18-27,39H,1-17H2,(H,32,33). The van der Waals surface area contributed by atoms with Crippen LogP contribution < -0.4 is 0 Å². The molecule has 0 aromatic heterocycles. The van der Waals surface area contributed by atoms with Crippen LogP contribution in [0.2, 0.25) is 0 Å². The van der Waals surface area contributed by atoms with Gasteiger partial charge < -0.3 is 19.3 Å². The first-order chi connectivity index (χ1) is 21.6. The number of carboxylic acid groups (broad SMARTS) is 1. The minimum absolute atomic E-state index is 0.0214. The first kappa shape index (κ1) is 35.4. The predicted molar refractivity (Wildman–Crippen MR) is 152 cm³/mol. The van der Waals surface area contributed by atoms with Gasteiger partial charge in [-0.25, -0.2) is 14.7 Å². The van der Waals surface area contributed by atoms with Crippen molar-refractivity contribution in [2.45, 2.75) is 126 Å². The molecule has 16 nitrogen and oxygen atoms in total. The lowest BCUT2D eigenvalue weighted by molar-refractivity contribution is -0.530. The predicted octanol–water partition coefficient (Wildman–Crippen LogP) is 3.79. The van der Waals surface area contributed by atoms with E-state index in [1.165, 1.54) is 0 Å². The second-order valence-corrected chi connectivity index (χ2v) is 12.9. The molecule has 0 bridgehead atoms. The van der Waals surface area contributed by atoms with E-state index in [9.17, 15) is 34.9 Å². The summed E-state index contributed by atoms with van der Waals surface area (Å²) in [6.45, 7) is 0.455. The highest BCUT2D eigenvalue weighted by Gasteiger charge is 2.45. The minimum Gasteiger partial charge on any atom is -0.481 e. The van der Waals surface area contributed by atoms with Crippen molar-refractivity contribution in [3.05, 3.63) is 20.2 Å². The van der Waals surface area contributed by atoms with Gasteiger partial charge in [0.05, 0.1) is 43.4 Å². The maximum Gasteiger partial charge on any atom is 0.310 e. The summed E-state index contributed by atoms with van der Waals surface area (Å²) < 4.78 is 17.5. The van der Waals surface area contributed by atoms with E-state index in [4.69, 9.17) is 29.2 Å². The van der Waals surface area contributed by atoms with E-state index in [1.54, 1.807) is 0 Å². The zero-order valence-corrected chi connectivity index (χ0v) is 25.5. The highest BCUT2D eigenvalue weighted by Crippen LogP contribution is 2.35. The van der Waals surface area contributed by atoms with Gasteiger partial charge in [0, 0.05) is 35.5 Å². The van der Waals surface area contributed by atoms with Crippen LogP contribution >= 0.6 is 0 Å². The van der Waals surface area contributed by atoms with Crippen molar-refractivity contribution in [1.82, 2.24) is 0 Å². The van der Waals surface area contributed by atoms with E-state index in [1.807, 2.05) is 0 Å². The molecule has 16 heteroatoms. The average Bonchev–Trinajstić information content (AvgIpc) is 3.03. The molecule has 0 aromatic rings. The van der Waals surface area contributed by atoms with E-state index in [0.29, 0.717) is 44.9 Å². The van der Waals surface area contributed by atoms with Gasteiger partial charge >= 0.3 is 11.9 Å². The van der Waals surface area contributed by atoms with E-state index in [0.717, 1.165) is 25.7 Å². The maximum atomic E-state index is 12.8. The lowest BCUT2D eigenvalue weighted by Gasteiger charge is -2.33. The first-order valence-corrected chi connectivity index (χ1v) is 16.1. The fourth-order valence-corrected chi connectivity index (χ4v) is 7.23. The van der Waals surface area contributed by atoms with Crippen molar-refractivity contribution in [2.75, 3.05) is 20.0 Å². The Morgan fingerprint density at radius 1 is 0.667 bits per heavy atom. The molecule has 256 valence electrons. The van der Waals surface area contributed by atoms with Gasteiger partial charge in [-0.05, 0) is 76.0 Å². The SMILES string of the molecule is O=C(O)C1CCC([N+](=O)[O-])CC1C(=O)OC1CCC(OCOC2CCC(OOCC3CC([N+](=O)[O-])CCC3COO)CC2)CC1. The molecule has 4 fully saturated rings. The molecule has 4 saturated carbocycles. The summed E-state index contributed by atoms with van der Waals surface area (Å²) in [7, 11) is 0. The topological polar surface area (TPSA) is 216 Å². The number of rotatable bonds is 15. The van der Waals surface area contributed by atoms with Gasteiger partial charge in [-0.2, -0.15) is 0 Å². The molecule has 0 aromatic carbocycles. The van der Waals surface area contributed by atoms with Crippen LogP contribution in [0.5, 0.6) is 0 Å². The summed E-state index contributed by atoms with van der Waals surface area (Å²) in [5.41, 5.74) is 0. The van der Waals surface area contributed by atoms with Crippen LogP contribution in [-0.2, 0) is 38.5 Å². The summed E-state index contributed by atoms with van der Waals surface area (Å²) in [6.07, 6.45) is 6.43. The van der Waals surface area contributed by atoms with E-state index >= 15 is 0 Å². The smallest absolute Gasteiger partial charge is 0.310 e. The molecular formula is C29H46N2O14. The number of carbonyl (C=O) groups excluding carboxylic acids is 1. The number of esters is 1. The quantitative estimate of drug-likeness (QED) is 0.0851. The number of aliphatic carboxylic acids is 1. The fraction of sp³-hybridized carbons (Fsp3) is 0.931. The molecule has 6 unspecified atom stereocenters. The molecule has 2 N–H and O–H groups in total. The number of nitrogens with zero attached hydrogens (tertiary/aromatic N) is 2. The Bertz CT molecular complexity index is 984. The zero-order valence-electron chi connectivity index (χ0n) is 25.5. The molecule has 4 aliphatic rings. The Kier molecular flexibility index (Phi) is 13.7. The molecular weight excluding hydrogens is 600 g/mol. The number of hydrogen-bond acceptors (Lipinski definition) is 13. The number of carboxylic acids is 1.